The van der Waals surface area contributed by atoms with Gasteiger partial charge in [0.1, 0.15) is 0 Å². The molecule has 0 bridgehead atoms. The maximum atomic E-state index is 12.6. The quantitative estimate of drug-likeness (QED) is 0.676. The molecule has 0 unspecified atom stereocenters. The fourth-order valence-corrected chi connectivity index (χ4v) is 4.98. The van der Waals surface area contributed by atoms with Gasteiger partial charge >= 0.3 is 0 Å². The molecule has 166 valence electrons. The number of fused-ring (bicyclic) bond motifs is 1. The topological polar surface area (TPSA) is 81.0 Å². The van der Waals surface area contributed by atoms with Crippen molar-refractivity contribution >= 4 is 34.6 Å². The van der Waals surface area contributed by atoms with Crippen LogP contribution in [0.25, 0.3) is 5.70 Å². The van der Waals surface area contributed by atoms with Crippen LogP contribution in [0.3, 0.4) is 0 Å². The summed E-state index contributed by atoms with van der Waals surface area (Å²) in [5.74, 6) is 0.712. The Morgan fingerprint density at radius 1 is 1.31 bits per heavy atom. The third kappa shape index (κ3) is 4.54. The Kier molecular flexibility index (Phi) is 6.88. The minimum atomic E-state index is -0.134. The Balaban J connectivity index is 1.67. The molecule has 1 fully saturated rings. The lowest BCUT2D eigenvalue weighted by atomic mass is 10.1. The molecule has 2 aromatic rings. The number of nitrogens with one attached hydrogen (secondary N) is 1. The molecular weight excluding hydrogens is 422 g/mol. The number of ether oxygens (including phenoxy) is 1. The number of benzene rings is 1. The van der Waals surface area contributed by atoms with Gasteiger partial charge < -0.3 is 19.9 Å². The van der Waals surface area contributed by atoms with E-state index in [0.29, 0.717) is 30.1 Å². The summed E-state index contributed by atoms with van der Waals surface area (Å²) in [5, 5.41) is 12.4. The van der Waals surface area contributed by atoms with Crippen molar-refractivity contribution < 1.29 is 9.53 Å². The van der Waals surface area contributed by atoms with E-state index in [9.17, 15) is 10.1 Å². The normalized spacial score (nSPS) is 15.8. The minimum absolute atomic E-state index is 0.134. The first-order valence-electron chi connectivity index (χ1n) is 10.8. The van der Waals surface area contributed by atoms with Crippen LogP contribution in [0.2, 0.25) is 0 Å². The number of nitrogens with zero attached hydrogens (tertiary/aromatic N) is 4. The molecule has 2 aliphatic rings. The van der Waals surface area contributed by atoms with Crippen LogP contribution < -0.4 is 5.32 Å². The number of carbonyl (C=O) groups excluding carboxylic acids is 1. The van der Waals surface area contributed by atoms with Crippen LogP contribution in [-0.2, 0) is 11.3 Å². The van der Waals surface area contributed by atoms with E-state index in [1.807, 2.05) is 30.3 Å². The van der Waals surface area contributed by atoms with Crippen molar-refractivity contribution in [3.05, 3.63) is 57.8 Å². The minimum Gasteiger partial charge on any atom is -0.383 e. The molecule has 8 heteroatoms. The highest BCUT2D eigenvalue weighted by atomic mass is 32.1. The Labute approximate surface area is 192 Å². The van der Waals surface area contributed by atoms with Crippen LogP contribution in [0.1, 0.15) is 44.9 Å². The number of aliphatic imine (C=N–C) groups is 1. The average Bonchev–Trinajstić information content (AvgIpc) is 3.26. The van der Waals surface area contributed by atoms with Crippen molar-refractivity contribution in [2.24, 2.45) is 4.99 Å². The van der Waals surface area contributed by atoms with E-state index in [4.69, 9.17) is 9.73 Å². The highest BCUT2D eigenvalue weighted by molar-refractivity contribution is 7.15. The number of thiophene rings is 1. The van der Waals surface area contributed by atoms with Crippen LogP contribution in [-0.4, -0.2) is 55.0 Å². The Morgan fingerprint density at radius 2 is 2.09 bits per heavy atom. The average molecular weight is 450 g/mol. The molecule has 3 heterocycles. The fraction of sp³-hybridized carbons (Fsp3) is 0.375. The summed E-state index contributed by atoms with van der Waals surface area (Å²) in [6.07, 6.45) is 3.47. The van der Waals surface area contributed by atoms with E-state index < -0.39 is 0 Å². The summed E-state index contributed by atoms with van der Waals surface area (Å²) < 4.78 is 5.01. The second-order valence-electron chi connectivity index (χ2n) is 7.84. The lowest BCUT2D eigenvalue weighted by Crippen LogP contribution is -2.46. The van der Waals surface area contributed by atoms with E-state index in [2.05, 4.69) is 27.8 Å². The van der Waals surface area contributed by atoms with E-state index in [-0.39, 0.29) is 5.91 Å². The zero-order valence-corrected chi connectivity index (χ0v) is 19.1. The van der Waals surface area contributed by atoms with Crippen molar-refractivity contribution in [1.82, 2.24) is 15.1 Å². The molecule has 1 amide bonds. The molecule has 2 aliphatic heterocycles. The van der Waals surface area contributed by atoms with E-state index in [0.717, 1.165) is 53.7 Å². The van der Waals surface area contributed by atoms with Crippen LogP contribution in [0.15, 0.2) is 41.9 Å². The van der Waals surface area contributed by atoms with Crippen LogP contribution in [0, 0.1) is 11.3 Å². The van der Waals surface area contributed by atoms with Gasteiger partial charge in [0.2, 0.25) is 5.96 Å². The zero-order chi connectivity index (χ0) is 22.5. The van der Waals surface area contributed by atoms with Gasteiger partial charge in [0.15, 0.2) is 0 Å². The Bertz CT molecular complexity index is 1080. The number of hydrogen-bond donors (Lipinski definition) is 1. The smallest absolute Gasteiger partial charge is 0.261 e. The summed E-state index contributed by atoms with van der Waals surface area (Å²) >= 11 is 1.40. The number of piperidine rings is 1. The molecule has 1 saturated heterocycles. The molecule has 1 aromatic heterocycles. The number of guanidine groups is 1. The molecule has 32 heavy (non-hydrogen) atoms. The number of hydrogen-bond acceptors (Lipinski definition) is 7. The maximum absolute atomic E-state index is 12.6. The van der Waals surface area contributed by atoms with E-state index in [1.54, 1.807) is 7.11 Å². The van der Waals surface area contributed by atoms with Gasteiger partial charge in [-0.2, -0.15) is 5.26 Å². The Hall–Kier alpha value is -3.15. The number of nitriles is 1. The highest BCUT2D eigenvalue weighted by Crippen LogP contribution is 2.41. The summed E-state index contributed by atoms with van der Waals surface area (Å²) in [5.41, 5.74) is 3.17. The van der Waals surface area contributed by atoms with Gasteiger partial charge in [-0.25, -0.2) is 4.99 Å². The van der Waals surface area contributed by atoms with Crippen molar-refractivity contribution in [3.8, 4) is 6.07 Å². The lowest BCUT2D eigenvalue weighted by molar-refractivity contribution is 0.0941. The summed E-state index contributed by atoms with van der Waals surface area (Å²) in [4.78, 5) is 23.4. The molecule has 0 atom stereocenters. The number of methoxy groups -OCH3 is 1. The number of likely N-dealkylation sites (tertiary alicyclic amines) is 1. The first-order chi connectivity index (χ1) is 15.6. The standard InChI is InChI=1S/C24H27N5O2S/c1-17-22-20(14-21(32-22)23(30)26-10-13-31-2)27-24(28-11-6-3-7-12-28)29(17)16-19-9-5-4-8-18(19)15-25/h4-5,8-9,14H,1,3,6-7,10-13,16H2,2H3,(H,26,30). The van der Waals surface area contributed by atoms with Crippen LogP contribution in [0.4, 0.5) is 5.69 Å². The predicted molar refractivity (Wildman–Crippen MR) is 127 cm³/mol. The van der Waals surface area contributed by atoms with E-state index in [1.165, 1.54) is 17.8 Å². The second-order valence-corrected chi connectivity index (χ2v) is 8.89. The molecule has 1 N–H and O–H groups in total. The summed E-state index contributed by atoms with van der Waals surface area (Å²) in [6.45, 7) is 7.68. The predicted octanol–water partition coefficient (Wildman–Crippen LogP) is 3.96. The van der Waals surface area contributed by atoms with Crippen LogP contribution in [0.5, 0.6) is 0 Å². The first kappa shape index (κ1) is 22.1. The van der Waals surface area contributed by atoms with Crippen molar-refractivity contribution in [2.45, 2.75) is 25.8 Å². The highest BCUT2D eigenvalue weighted by Gasteiger charge is 2.31. The van der Waals surface area contributed by atoms with Gasteiger partial charge in [-0.05, 0) is 37.0 Å². The van der Waals surface area contributed by atoms with Crippen molar-refractivity contribution in [3.63, 3.8) is 0 Å². The fourth-order valence-electron chi connectivity index (χ4n) is 3.99. The first-order valence-corrected chi connectivity index (χ1v) is 11.6. The zero-order valence-electron chi connectivity index (χ0n) is 18.3. The molecule has 4 rings (SSSR count). The molecule has 0 saturated carbocycles. The van der Waals surface area contributed by atoms with Gasteiger partial charge in [-0.15, -0.1) is 11.3 Å². The summed E-state index contributed by atoms with van der Waals surface area (Å²) in [7, 11) is 1.61. The molecule has 0 radical (unpaired) electrons. The van der Waals surface area contributed by atoms with Crippen molar-refractivity contribution in [1.29, 1.82) is 5.26 Å². The Morgan fingerprint density at radius 3 is 2.84 bits per heavy atom. The van der Waals surface area contributed by atoms with Crippen LogP contribution >= 0.6 is 11.3 Å². The van der Waals surface area contributed by atoms with Gasteiger partial charge in [-0.1, -0.05) is 24.8 Å². The molecular formula is C24H27N5O2S. The molecule has 0 spiro atoms. The number of carbonyl (C=O) groups is 1. The van der Waals surface area contributed by atoms with Crippen molar-refractivity contribution in [2.75, 3.05) is 33.4 Å². The lowest BCUT2D eigenvalue weighted by Gasteiger charge is -2.39. The number of rotatable bonds is 6. The third-order valence-corrected chi connectivity index (χ3v) is 6.86. The van der Waals surface area contributed by atoms with Gasteiger partial charge in [0.25, 0.3) is 5.91 Å². The monoisotopic (exact) mass is 449 g/mol. The van der Waals surface area contributed by atoms with Gasteiger partial charge in [0.05, 0.1) is 45.9 Å². The molecule has 7 nitrogen and oxygen atoms in total. The molecule has 1 aromatic carbocycles. The summed E-state index contributed by atoms with van der Waals surface area (Å²) in [6, 6.07) is 11.8. The van der Waals surface area contributed by atoms with E-state index >= 15 is 0 Å². The third-order valence-electron chi connectivity index (χ3n) is 5.68. The largest absolute Gasteiger partial charge is 0.383 e. The number of amides is 1. The second kappa shape index (κ2) is 9.98. The molecule has 0 aliphatic carbocycles. The SMILES string of the molecule is C=C1c2sc(C(=O)NCCOC)cc2N=C(N2CCCCC2)N1Cc1ccccc1C#N. The van der Waals surface area contributed by atoms with Gasteiger partial charge in [0, 0.05) is 26.7 Å². The van der Waals surface area contributed by atoms with Gasteiger partial charge in [-0.3, -0.25) is 4.79 Å². The maximum Gasteiger partial charge on any atom is 0.261 e.